The molecule has 5 heteroatoms. The summed E-state index contributed by atoms with van der Waals surface area (Å²) < 4.78 is 11.7. The van der Waals surface area contributed by atoms with Crippen LogP contribution in [0, 0.1) is 0 Å². The maximum Gasteiger partial charge on any atom is 0.330 e. The van der Waals surface area contributed by atoms with E-state index >= 15 is 0 Å². The van der Waals surface area contributed by atoms with Crippen LogP contribution in [0.3, 0.4) is 0 Å². The predicted octanol–water partition coefficient (Wildman–Crippen LogP) is 1.89. The average molecular weight is 318 g/mol. The van der Waals surface area contributed by atoms with Crippen molar-refractivity contribution in [2.45, 2.75) is 51.9 Å². The summed E-state index contributed by atoms with van der Waals surface area (Å²) in [5.74, 6) is 0. The molecule has 1 aromatic carbocycles. The van der Waals surface area contributed by atoms with Gasteiger partial charge in [0.1, 0.15) is 0 Å². The first kappa shape index (κ1) is 18.5. The van der Waals surface area contributed by atoms with Gasteiger partial charge in [-0.05, 0) is 39.8 Å². The fourth-order valence-electron chi connectivity index (χ4n) is 2.34. The van der Waals surface area contributed by atoms with Gasteiger partial charge in [-0.15, -0.1) is 0 Å². The van der Waals surface area contributed by atoms with E-state index in [1.807, 2.05) is 26.0 Å². The van der Waals surface area contributed by atoms with Crippen molar-refractivity contribution in [2.75, 3.05) is 26.2 Å². The molecule has 23 heavy (non-hydrogen) atoms. The molecule has 1 aromatic rings. The normalized spacial score (nSPS) is 20.5. The Hall–Kier alpha value is -0.875. The molecule has 0 spiro atoms. The zero-order valence-electron chi connectivity index (χ0n) is 15.0. The summed E-state index contributed by atoms with van der Waals surface area (Å²) in [5, 5.41) is 10.1. The molecule has 1 heterocycles. The molecule has 1 N–H and O–H groups in total. The van der Waals surface area contributed by atoms with Crippen molar-refractivity contribution in [1.29, 1.82) is 0 Å². The lowest BCUT2D eigenvalue weighted by molar-refractivity contribution is -0.0893. The summed E-state index contributed by atoms with van der Waals surface area (Å²) in [6, 6.07) is 8.25. The highest BCUT2D eigenvalue weighted by molar-refractivity contribution is 6.47. The van der Waals surface area contributed by atoms with E-state index in [9.17, 15) is 5.11 Å². The van der Waals surface area contributed by atoms with Gasteiger partial charge in [-0.2, -0.15) is 0 Å². The Labute approximate surface area is 141 Å². The second-order valence-corrected chi connectivity index (χ2v) is 7.22. The van der Waals surface area contributed by atoms with Gasteiger partial charge in [-0.1, -0.05) is 36.7 Å². The first-order chi connectivity index (χ1) is 10.7. The summed E-state index contributed by atoms with van der Waals surface area (Å²) in [6.07, 6.45) is 0.145. The van der Waals surface area contributed by atoms with Gasteiger partial charge in [0.15, 0.2) is 0 Å². The van der Waals surface area contributed by atoms with E-state index in [1.165, 1.54) is 5.56 Å². The van der Waals surface area contributed by atoms with Crippen LogP contribution < -0.4 is 5.46 Å². The first-order valence-electron chi connectivity index (χ1n) is 8.40. The van der Waals surface area contributed by atoms with Crippen molar-refractivity contribution in [2.24, 2.45) is 0 Å². The lowest BCUT2D eigenvalue weighted by Gasteiger charge is -2.37. The Morgan fingerprint density at radius 3 is 2.48 bits per heavy atom. The van der Waals surface area contributed by atoms with E-state index in [2.05, 4.69) is 24.0 Å². The van der Waals surface area contributed by atoms with E-state index < -0.39 is 11.2 Å². The molecule has 0 bridgehead atoms. The largest absolute Gasteiger partial charge is 0.427 e. The molecular weight excluding hydrogens is 289 g/mol. The van der Waals surface area contributed by atoms with E-state index in [-0.39, 0.29) is 6.10 Å². The average Bonchev–Trinajstić information content (AvgIpc) is 2.52. The molecule has 0 aliphatic carbocycles. The number of hydrogen-bond donors (Lipinski definition) is 1. The number of rotatable bonds is 6. The summed E-state index contributed by atoms with van der Waals surface area (Å²) >= 11 is 0. The number of benzene rings is 1. The van der Waals surface area contributed by atoms with Crippen LogP contribution in [0.5, 0.6) is 0 Å². The van der Waals surface area contributed by atoms with E-state index in [0.717, 1.165) is 31.7 Å². The second-order valence-electron chi connectivity index (χ2n) is 7.22. The topological polar surface area (TPSA) is 41.9 Å². The molecular formula is C18H29BNO3. The number of morpholine rings is 1. The van der Waals surface area contributed by atoms with Crippen molar-refractivity contribution in [3.63, 3.8) is 0 Å². The molecule has 1 unspecified atom stereocenters. The Balaban J connectivity index is 1.95. The lowest BCUT2D eigenvalue weighted by Crippen LogP contribution is -2.49. The number of likely N-dealkylation sites (N-methyl/N-ethyl adjacent to an activating group) is 1. The molecule has 1 atom stereocenters. The highest BCUT2D eigenvalue weighted by Gasteiger charge is 2.35. The van der Waals surface area contributed by atoms with Gasteiger partial charge in [-0.3, -0.25) is 4.90 Å². The molecule has 1 aliphatic heterocycles. The lowest BCUT2D eigenvalue weighted by atomic mass is 9.82. The van der Waals surface area contributed by atoms with Gasteiger partial charge in [0, 0.05) is 13.1 Å². The Bertz CT molecular complexity index is 496. The van der Waals surface area contributed by atoms with Crippen LogP contribution in [0.2, 0.25) is 0 Å². The van der Waals surface area contributed by atoms with E-state index in [4.69, 9.17) is 9.39 Å². The van der Waals surface area contributed by atoms with Gasteiger partial charge in [-0.25, -0.2) is 0 Å². The van der Waals surface area contributed by atoms with Crippen LogP contribution in [-0.2, 0) is 9.39 Å². The Kier molecular flexibility index (Phi) is 5.90. The number of hydrogen-bond acceptors (Lipinski definition) is 4. The van der Waals surface area contributed by atoms with Gasteiger partial charge in [0.2, 0.25) is 0 Å². The van der Waals surface area contributed by atoms with E-state index in [1.54, 1.807) is 21.3 Å². The summed E-state index contributed by atoms with van der Waals surface area (Å²) in [6.45, 7) is 13.3. The highest BCUT2D eigenvalue weighted by Crippen LogP contribution is 2.24. The molecule has 1 radical (unpaired) electrons. The zero-order valence-corrected chi connectivity index (χ0v) is 15.0. The minimum Gasteiger partial charge on any atom is -0.427 e. The molecule has 1 fully saturated rings. The smallest absolute Gasteiger partial charge is 0.330 e. The summed E-state index contributed by atoms with van der Waals surface area (Å²) in [7, 11) is 1.71. The molecule has 0 amide bonds. The molecule has 127 valence electrons. The van der Waals surface area contributed by atoms with Gasteiger partial charge < -0.3 is 14.5 Å². The van der Waals surface area contributed by atoms with Crippen LogP contribution in [0.1, 0.15) is 46.3 Å². The quantitative estimate of drug-likeness (QED) is 0.814. The SMILES string of the molecule is CCN1CCOC(c2ccc([B]OC(C)(C)C(C)(C)O)cc2)C1. The van der Waals surface area contributed by atoms with Gasteiger partial charge in [0.25, 0.3) is 0 Å². The summed E-state index contributed by atoms with van der Waals surface area (Å²) in [4.78, 5) is 2.41. The third-order valence-corrected chi connectivity index (χ3v) is 4.87. The van der Waals surface area contributed by atoms with Gasteiger partial charge >= 0.3 is 7.48 Å². The van der Waals surface area contributed by atoms with Crippen molar-refractivity contribution >= 4 is 12.9 Å². The molecule has 1 saturated heterocycles. The van der Waals surface area contributed by atoms with Gasteiger partial charge in [0.05, 0.1) is 23.9 Å². The molecule has 0 aromatic heterocycles. The fraction of sp³-hybridized carbons (Fsp3) is 0.667. The third kappa shape index (κ3) is 4.80. The van der Waals surface area contributed by atoms with Crippen molar-refractivity contribution in [3.8, 4) is 0 Å². The monoisotopic (exact) mass is 318 g/mol. The van der Waals surface area contributed by atoms with Crippen LogP contribution >= 0.6 is 0 Å². The fourth-order valence-corrected chi connectivity index (χ4v) is 2.34. The Morgan fingerprint density at radius 2 is 1.91 bits per heavy atom. The maximum atomic E-state index is 10.1. The van der Waals surface area contributed by atoms with Crippen LogP contribution in [0.4, 0.5) is 0 Å². The molecule has 0 saturated carbocycles. The molecule has 2 rings (SSSR count). The van der Waals surface area contributed by atoms with Crippen molar-refractivity contribution < 1.29 is 14.5 Å². The van der Waals surface area contributed by atoms with Crippen LogP contribution in [-0.4, -0.2) is 54.9 Å². The van der Waals surface area contributed by atoms with Crippen molar-refractivity contribution in [1.82, 2.24) is 4.90 Å². The maximum absolute atomic E-state index is 10.1. The van der Waals surface area contributed by atoms with E-state index in [0.29, 0.717) is 0 Å². The van der Waals surface area contributed by atoms with Crippen LogP contribution in [0.25, 0.3) is 0 Å². The minimum absolute atomic E-state index is 0.145. The second kappa shape index (κ2) is 7.35. The van der Waals surface area contributed by atoms with Crippen LogP contribution in [0.15, 0.2) is 24.3 Å². The first-order valence-corrected chi connectivity index (χ1v) is 8.40. The standard InChI is InChI=1S/C18H29BNO3/c1-6-20-11-12-22-16(13-20)14-7-9-15(10-8-14)19-23-18(4,5)17(2,3)21/h7-10,16,21H,6,11-13H2,1-5H3. The molecule has 1 aliphatic rings. The number of aliphatic hydroxyl groups is 1. The number of nitrogens with zero attached hydrogens (tertiary/aromatic N) is 1. The minimum atomic E-state index is -0.914. The summed E-state index contributed by atoms with van der Waals surface area (Å²) in [5.41, 5.74) is 0.610. The highest BCUT2D eigenvalue weighted by atomic mass is 16.5. The molecule has 4 nitrogen and oxygen atoms in total. The Morgan fingerprint density at radius 1 is 1.26 bits per heavy atom. The zero-order chi connectivity index (χ0) is 17.1. The number of ether oxygens (including phenoxy) is 1. The third-order valence-electron chi connectivity index (χ3n) is 4.87. The van der Waals surface area contributed by atoms with Crippen molar-refractivity contribution in [3.05, 3.63) is 29.8 Å². The predicted molar refractivity (Wildman–Crippen MR) is 94.1 cm³/mol.